The SMILES string of the molecule is CN1C(=O)c2ccc(C(=O)Nc3cccc(N4CCOC4=O)c3)cc2C1=O. The lowest BCUT2D eigenvalue weighted by atomic mass is 10.1. The van der Waals surface area contributed by atoms with Gasteiger partial charge in [-0.05, 0) is 36.4 Å². The first-order valence-electron chi connectivity index (χ1n) is 8.28. The number of carbonyl (C=O) groups excluding carboxylic acids is 4. The minimum atomic E-state index is -0.431. The van der Waals surface area contributed by atoms with Gasteiger partial charge in [-0.25, -0.2) is 4.79 Å². The van der Waals surface area contributed by atoms with Gasteiger partial charge in [0.15, 0.2) is 0 Å². The van der Waals surface area contributed by atoms with Gasteiger partial charge in [-0.2, -0.15) is 0 Å². The molecule has 1 fully saturated rings. The summed E-state index contributed by atoms with van der Waals surface area (Å²) in [6, 6.07) is 11.2. The second kappa shape index (κ2) is 6.24. The van der Waals surface area contributed by atoms with Crippen molar-refractivity contribution < 1.29 is 23.9 Å². The van der Waals surface area contributed by atoms with Crippen LogP contribution >= 0.6 is 0 Å². The van der Waals surface area contributed by atoms with Gasteiger partial charge < -0.3 is 10.1 Å². The van der Waals surface area contributed by atoms with Crippen molar-refractivity contribution in [2.45, 2.75) is 0 Å². The van der Waals surface area contributed by atoms with Gasteiger partial charge in [0.05, 0.1) is 17.7 Å². The summed E-state index contributed by atoms with van der Waals surface area (Å²) in [6.45, 7) is 0.774. The van der Waals surface area contributed by atoms with Crippen molar-refractivity contribution in [3.05, 3.63) is 59.2 Å². The number of ether oxygens (including phenoxy) is 1. The highest BCUT2D eigenvalue weighted by Gasteiger charge is 2.33. The molecule has 8 heteroatoms. The predicted molar refractivity (Wildman–Crippen MR) is 96.0 cm³/mol. The predicted octanol–water partition coefficient (Wildman–Crippen LogP) is 2.12. The molecule has 0 atom stereocenters. The number of rotatable bonds is 3. The van der Waals surface area contributed by atoms with E-state index in [1.54, 1.807) is 24.3 Å². The van der Waals surface area contributed by atoms with E-state index < -0.39 is 17.9 Å². The topological polar surface area (TPSA) is 96.0 Å². The Kier molecular flexibility index (Phi) is 3.88. The maximum atomic E-state index is 12.6. The molecule has 4 rings (SSSR count). The minimum absolute atomic E-state index is 0.212. The van der Waals surface area contributed by atoms with Gasteiger partial charge in [0, 0.05) is 24.0 Å². The summed E-state index contributed by atoms with van der Waals surface area (Å²) < 4.78 is 4.92. The minimum Gasteiger partial charge on any atom is -0.447 e. The van der Waals surface area contributed by atoms with E-state index in [1.165, 1.54) is 30.1 Å². The third-order valence-electron chi connectivity index (χ3n) is 4.53. The van der Waals surface area contributed by atoms with Crippen molar-refractivity contribution in [2.24, 2.45) is 0 Å². The average Bonchev–Trinajstić information content (AvgIpc) is 3.19. The molecule has 2 aliphatic rings. The average molecular weight is 365 g/mol. The van der Waals surface area contributed by atoms with Gasteiger partial charge in [-0.15, -0.1) is 0 Å². The molecule has 4 amide bonds. The van der Waals surface area contributed by atoms with Crippen LogP contribution < -0.4 is 10.2 Å². The highest BCUT2D eigenvalue weighted by molar-refractivity contribution is 6.22. The molecule has 8 nitrogen and oxygen atoms in total. The highest BCUT2D eigenvalue weighted by Crippen LogP contribution is 2.25. The molecule has 2 aromatic rings. The summed E-state index contributed by atoms with van der Waals surface area (Å²) in [5.41, 5.74) is 1.87. The second-order valence-corrected chi connectivity index (χ2v) is 6.20. The second-order valence-electron chi connectivity index (χ2n) is 6.20. The molecular weight excluding hydrogens is 350 g/mol. The van der Waals surface area contributed by atoms with Crippen LogP contribution in [0.2, 0.25) is 0 Å². The number of hydrogen-bond donors (Lipinski definition) is 1. The van der Waals surface area contributed by atoms with Gasteiger partial charge in [0.1, 0.15) is 6.61 Å². The first kappa shape index (κ1) is 16.8. The number of hydrogen-bond acceptors (Lipinski definition) is 5. The number of nitrogens with one attached hydrogen (secondary N) is 1. The number of amides is 4. The molecular formula is C19H15N3O5. The molecule has 2 heterocycles. The van der Waals surface area contributed by atoms with Crippen molar-refractivity contribution in [3.63, 3.8) is 0 Å². The fourth-order valence-corrected chi connectivity index (χ4v) is 3.09. The van der Waals surface area contributed by atoms with E-state index in [0.717, 1.165) is 4.90 Å². The molecule has 0 aromatic heterocycles. The number of carbonyl (C=O) groups is 4. The van der Waals surface area contributed by atoms with Gasteiger partial charge in [0.2, 0.25) is 0 Å². The van der Waals surface area contributed by atoms with Crippen LogP contribution in [0.4, 0.5) is 16.2 Å². The number of benzene rings is 2. The molecule has 27 heavy (non-hydrogen) atoms. The van der Waals surface area contributed by atoms with E-state index in [9.17, 15) is 19.2 Å². The van der Waals surface area contributed by atoms with Crippen LogP contribution in [0, 0.1) is 0 Å². The highest BCUT2D eigenvalue weighted by atomic mass is 16.6. The quantitative estimate of drug-likeness (QED) is 0.841. The summed E-state index contributed by atoms with van der Waals surface area (Å²) in [7, 11) is 1.40. The lowest BCUT2D eigenvalue weighted by Crippen LogP contribution is -2.24. The molecule has 0 unspecified atom stereocenters. The fourth-order valence-electron chi connectivity index (χ4n) is 3.09. The van der Waals surface area contributed by atoms with Crippen molar-refractivity contribution in [1.82, 2.24) is 4.90 Å². The zero-order valence-corrected chi connectivity index (χ0v) is 14.4. The van der Waals surface area contributed by atoms with E-state index in [-0.39, 0.29) is 22.6 Å². The monoisotopic (exact) mass is 365 g/mol. The molecule has 0 bridgehead atoms. The van der Waals surface area contributed by atoms with Crippen LogP contribution in [-0.2, 0) is 4.74 Å². The number of imide groups is 1. The van der Waals surface area contributed by atoms with Crippen molar-refractivity contribution in [3.8, 4) is 0 Å². The van der Waals surface area contributed by atoms with E-state index in [2.05, 4.69) is 5.32 Å². The molecule has 2 aromatic carbocycles. The standard InChI is InChI=1S/C19H15N3O5/c1-21-17(24)14-6-5-11(9-15(14)18(21)25)16(23)20-12-3-2-4-13(10-12)22-7-8-27-19(22)26/h2-6,9-10H,7-8H2,1H3,(H,20,23). The lowest BCUT2D eigenvalue weighted by molar-refractivity contribution is 0.0693. The normalized spacial score (nSPS) is 15.8. The van der Waals surface area contributed by atoms with E-state index in [1.807, 2.05) is 0 Å². The number of cyclic esters (lactones) is 1. The van der Waals surface area contributed by atoms with Crippen LogP contribution in [0.15, 0.2) is 42.5 Å². The Morgan fingerprint density at radius 3 is 2.56 bits per heavy atom. The van der Waals surface area contributed by atoms with Crippen LogP contribution in [0.25, 0.3) is 0 Å². The first-order chi connectivity index (χ1) is 13.0. The van der Waals surface area contributed by atoms with E-state index in [0.29, 0.717) is 24.5 Å². The summed E-state index contributed by atoms with van der Waals surface area (Å²) >= 11 is 0. The largest absolute Gasteiger partial charge is 0.447 e. The number of nitrogens with zero attached hydrogens (tertiary/aromatic N) is 2. The van der Waals surface area contributed by atoms with Crippen molar-refractivity contribution >= 4 is 35.2 Å². The Bertz CT molecular complexity index is 1000. The molecule has 1 N–H and O–H groups in total. The third-order valence-corrected chi connectivity index (χ3v) is 4.53. The van der Waals surface area contributed by atoms with Crippen LogP contribution in [0.3, 0.4) is 0 Å². The fraction of sp³-hybridized carbons (Fsp3) is 0.158. The van der Waals surface area contributed by atoms with Gasteiger partial charge >= 0.3 is 6.09 Å². The van der Waals surface area contributed by atoms with E-state index in [4.69, 9.17) is 4.74 Å². The zero-order chi connectivity index (χ0) is 19.1. The maximum absolute atomic E-state index is 12.6. The third kappa shape index (κ3) is 2.80. The zero-order valence-electron chi connectivity index (χ0n) is 14.4. The molecule has 0 radical (unpaired) electrons. The number of anilines is 2. The van der Waals surface area contributed by atoms with Crippen LogP contribution in [0.1, 0.15) is 31.1 Å². The molecule has 0 spiro atoms. The van der Waals surface area contributed by atoms with Crippen LogP contribution in [-0.4, -0.2) is 48.9 Å². The first-order valence-corrected chi connectivity index (χ1v) is 8.28. The Labute approximate surface area is 154 Å². The Morgan fingerprint density at radius 1 is 1.04 bits per heavy atom. The molecule has 136 valence electrons. The summed E-state index contributed by atoms with van der Waals surface area (Å²) in [4.78, 5) is 50.7. The molecule has 2 aliphatic heterocycles. The van der Waals surface area contributed by atoms with Gasteiger partial charge in [0.25, 0.3) is 17.7 Å². The number of fused-ring (bicyclic) bond motifs is 1. The van der Waals surface area contributed by atoms with Gasteiger partial charge in [-0.3, -0.25) is 24.2 Å². The van der Waals surface area contributed by atoms with Crippen molar-refractivity contribution in [2.75, 3.05) is 30.4 Å². The van der Waals surface area contributed by atoms with Crippen LogP contribution in [0.5, 0.6) is 0 Å². The van der Waals surface area contributed by atoms with E-state index >= 15 is 0 Å². The summed E-state index contributed by atoms with van der Waals surface area (Å²) in [5, 5.41) is 2.74. The molecule has 0 saturated carbocycles. The lowest BCUT2D eigenvalue weighted by Gasteiger charge is -2.14. The Balaban J connectivity index is 1.56. The van der Waals surface area contributed by atoms with Crippen molar-refractivity contribution in [1.29, 1.82) is 0 Å². The van der Waals surface area contributed by atoms with Gasteiger partial charge in [-0.1, -0.05) is 6.07 Å². The summed E-state index contributed by atoms with van der Waals surface area (Å²) in [6.07, 6.45) is -0.426. The summed E-state index contributed by atoms with van der Waals surface area (Å²) in [5.74, 6) is -1.24. The Hall–Kier alpha value is -3.68. The molecule has 0 aliphatic carbocycles. The Morgan fingerprint density at radius 2 is 1.81 bits per heavy atom. The smallest absolute Gasteiger partial charge is 0.414 e. The maximum Gasteiger partial charge on any atom is 0.414 e. The molecule has 1 saturated heterocycles.